The van der Waals surface area contributed by atoms with Crippen LogP contribution in [0.3, 0.4) is 0 Å². The van der Waals surface area contributed by atoms with Crippen molar-refractivity contribution in [1.82, 2.24) is 0 Å². The lowest BCUT2D eigenvalue weighted by Crippen LogP contribution is -2.11. The third kappa shape index (κ3) is 4.66. The summed E-state index contributed by atoms with van der Waals surface area (Å²) < 4.78 is 17.5. The van der Waals surface area contributed by atoms with Crippen molar-refractivity contribution in [3.05, 3.63) is 107 Å². The number of phenols is 3. The van der Waals surface area contributed by atoms with Crippen molar-refractivity contribution in [3.8, 4) is 34.5 Å². The number of benzene rings is 4. The summed E-state index contributed by atoms with van der Waals surface area (Å²) in [4.78, 5) is 0. The van der Waals surface area contributed by atoms with Gasteiger partial charge < -0.3 is 29.5 Å². The van der Waals surface area contributed by atoms with E-state index in [1.165, 1.54) is 6.07 Å². The molecule has 0 spiro atoms. The summed E-state index contributed by atoms with van der Waals surface area (Å²) in [5.41, 5.74) is 4.53. The van der Waals surface area contributed by atoms with Crippen LogP contribution in [0.1, 0.15) is 39.8 Å². The van der Waals surface area contributed by atoms with E-state index in [-0.39, 0.29) is 29.3 Å². The minimum absolute atomic E-state index is 0.000721. The van der Waals surface area contributed by atoms with Crippen LogP contribution in [-0.4, -0.2) is 29.5 Å². The van der Waals surface area contributed by atoms with Crippen LogP contribution in [0.15, 0.2) is 78.9 Å². The molecule has 3 N–H and O–H groups in total. The lowest BCUT2D eigenvalue weighted by Gasteiger charge is -2.21. The topological polar surface area (TPSA) is 88.4 Å². The molecule has 6 nitrogen and oxygen atoms in total. The highest BCUT2D eigenvalue weighted by molar-refractivity contribution is 5.72. The molecule has 0 saturated carbocycles. The maximum Gasteiger partial charge on any atom is 0.135 e. The molecule has 6 heteroatoms. The summed E-state index contributed by atoms with van der Waals surface area (Å²) in [5, 5.41) is 29.3. The normalized spacial score (nSPS) is 16.5. The fourth-order valence-electron chi connectivity index (χ4n) is 4.58. The highest BCUT2D eigenvalue weighted by Crippen LogP contribution is 2.51. The summed E-state index contributed by atoms with van der Waals surface area (Å²) in [7, 11) is 3.24. The molecule has 0 amide bonds. The maximum atomic E-state index is 9.80. The highest BCUT2D eigenvalue weighted by atomic mass is 16.5. The minimum atomic E-state index is -0.320. The first kappa shape index (κ1) is 23.2. The van der Waals surface area contributed by atoms with Crippen molar-refractivity contribution < 1.29 is 29.5 Å². The van der Waals surface area contributed by atoms with Gasteiger partial charge in [-0.15, -0.1) is 0 Å². The van der Waals surface area contributed by atoms with Crippen molar-refractivity contribution >= 4 is 12.2 Å². The van der Waals surface area contributed by atoms with Crippen molar-refractivity contribution in [2.75, 3.05) is 14.2 Å². The molecule has 1 heterocycles. The minimum Gasteiger partial charge on any atom is -0.508 e. The van der Waals surface area contributed by atoms with Crippen LogP contribution in [0, 0.1) is 0 Å². The van der Waals surface area contributed by atoms with Crippen molar-refractivity contribution in [1.29, 1.82) is 0 Å². The predicted molar refractivity (Wildman–Crippen MR) is 138 cm³/mol. The molecule has 4 aromatic rings. The molecular formula is C30H26O6. The van der Waals surface area contributed by atoms with Gasteiger partial charge in [0, 0.05) is 17.7 Å². The highest BCUT2D eigenvalue weighted by Gasteiger charge is 2.37. The number of fused-ring (bicyclic) bond motifs is 1. The van der Waals surface area contributed by atoms with E-state index in [2.05, 4.69) is 6.07 Å². The lowest BCUT2D eigenvalue weighted by atomic mass is 9.84. The summed E-state index contributed by atoms with van der Waals surface area (Å²) >= 11 is 0. The van der Waals surface area contributed by atoms with Gasteiger partial charge in [-0.1, -0.05) is 30.4 Å². The lowest BCUT2D eigenvalue weighted by molar-refractivity contribution is 0.222. The van der Waals surface area contributed by atoms with Crippen molar-refractivity contribution in [3.63, 3.8) is 0 Å². The first-order valence-corrected chi connectivity index (χ1v) is 11.5. The van der Waals surface area contributed by atoms with Gasteiger partial charge in [0.1, 0.15) is 40.6 Å². The monoisotopic (exact) mass is 482 g/mol. The molecule has 1 aliphatic rings. The van der Waals surface area contributed by atoms with Gasteiger partial charge in [0.15, 0.2) is 0 Å². The third-order valence-electron chi connectivity index (χ3n) is 6.27. The van der Waals surface area contributed by atoms with E-state index in [9.17, 15) is 15.3 Å². The Morgan fingerprint density at radius 3 is 1.92 bits per heavy atom. The molecule has 0 aromatic heterocycles. The van der Waals surface area contributed by atoms with E-state index in [0.717, 1.165) is 28.0 Å². The SMILES string of the molecule is COc1cc(OC)cc(C2c3cc(/C=C/c4cc(O)cc(O)c4)ccc3O[C@H]2c2ccc(O)cc2)c1. The summed E-state index contributed by atoms with van der Waals surface area (Å²) in [6, 6.07) is 23.3. The van der Waals surface area contributed by atoms with Gasteiger partial charge in [-0.25, -0.2) is 0 Å². The second-order valence-corrected chi connectivity index (χ2v) is 8.67. The number of methoxy groups -OCH3 is 2. The molecule has 0 aliphatic carbocycles. The molecule has 4 aromatic carbocycles. The molecule has 0 radical (unpaired) electrons. The second-order valence-electron chi connectivity index (χ2n) is 8.67. The zero-order valence-corrected chi connectivity index (χ0v) is 19.9. The number of ether oxygens (including phenoxy) is 3. The number of hydrogen-bond donors (Lipinski definition) is 3. The molecule has 0 saturated heterocycles. The average molecular weight is 483 g/mol. The number of hydrogen-bond acceptors (Lipinski definition) is 6. The molecule has 0 bridgehead atoms. The van der Waals surface area contributed by atoms with Crippen molar-refractivity contribution in [2.24, 2.45) is 0 Å². The van der Waals surface area contributed by atoms with Gasteiger partial charge in [0.2, 0.25) is 0 Å². The fraction of sp³-hybridized carbons (Fsp3) is 0.133. The van der Waals surface area contributed by atoms with Crippen LogP contribution < -0.4 is 14.2 Å². The molecule has 182 valence electrons. The number of aromatic hydroxyl groups is 3. The third-order valence-corrected chi connectivity index (χ3v) is 6.27. The van der Waals surface area contributed by atoms with Gasteiger partial charge >= 0.3 is 0 Å². The van der Waals surface area contributed by atoms with Gasteiger partial charge in [-0.3, -0.25) is 0 Å². The molecular weight excluding hydrogens is 456 g/mol. The van der Waals surface area contributed by atoms with Crippen LogP contribution in [0.2, 0.25) is 0 Å². The van der Waals surface area contributed by atoms with E-state index in [1.54, 1.807) is 38.5 Å². The van der Waals surface area contributed by atoms with Crippen LogP contribution in [-0.2, 0) is 0 Å². The Kier molecular flexibility index (Phi) is 6.17. The predicted octanol–water partition coefficient (Wildman–Crippen LogP) is 6.26. The van der Waals surface area contributed by atoms with E-state index in [4.69, 9.17) is 14.2 Å². The molecule has 36 heavy (non-hydrogen) atoms. The van der Waals surface area contributed by atoms with E-state index >= 15 is 0 Å². The Balaban J connectivity index is 1.59. The van der Waals surface area contributed by atoms with E-state index in [1.807, 2.05) is 54.6 Å². The average Bonchev–Trinajstić information content (AvgIpc) is 3.25. The largest absolute Gasteiger partial charge is 0.508 e. The van der Waals surface area contributed by atoms with E-state index < -0.39 is 0 Å². The molecule has 0 fully saturated rings. The van der Waals surface area contributed by atoms with Gasteiger partial charge in [0.25, 0.3) is 0 Å². The quantitative estimate of drug-likeness (QED) is 0.281. The Hall–Kier alpha value is -4.58. The molecule has 2 atom stereocenters. The summed E-state index contributed by atoms with van der Waals surface area (Å²) in [6.45, 7) is 0. The van der Waals surface area contributed by atoms with Crippen LogP contribution >= 0.6 is 0 Å². The first-order chi connectivity index (χ1) is 17.4. The molecule has 1 aliphatic heterocycles. The molecule has 1 unspecified atom stereocenters. The van der Waals surface area contributed by atoms with Crippen molar-refractivity contribution in [2.45, 2.75) is 12.0 Å². The smallest absolute Gasteiger partial charge is 0.135 e. The Morgan fingerprint density at radius 2 is 1.28 bits per heavy atom. The second kappa shape index (κ2) is 9.58. The van der Waals surface area contributed by atoms with E-state index in [0.29, 0.717) is 17.1 Å². The number of rotatable bonds is 6. The maximum absolute atomic E-state index is 9.80. The first-order valence-electron chi connectivity index (χ1n) is 11.5. The Labute approximate surface area is 209 Å². The summed E-state index contributed by atoms with van der Waals surface area (Å²) in [6.07, 6.45) is 3.43. The zero-order valence-electron chi connectivity index (χ0n) is 19.9. The summed E-state index contributed by atoms with van der Waals surface area (Å²) in [5.74, 6) is 2.17. The number of phenolic OH excluding ortho intramolecular Hbond substituents is 3. The molecule has 5 rings (SSSR count). The standard InChI is InChI=1S/C30H26O6/c1-34-25-14-21(15-26(17-25)35-2)29-27-13-18(3-4-19-11-23(32)16-24(33)12-19)5-10-28(27)36-30(29)20-6-8-22(31)9-7-20/h3-17,29-33H,1-2H3/b4-3+/t29?,30-/m0/s1. The van der Waals surface area contributed by atoms with Gasteiger partial charge in [0.05, 0.1) is 20.1 Å². The van der Waals surface area contributed by atoms with Gasteiger partial charge in [-0.2, -0.15) is 0 Å². The van der Waals surface area contributed by atoms with Crippen LogP contribution in [0.5, 0.6) is 34.5 Å². The van der Waals surface area contributed by atoms with Crippen LogP contribution in [0.4, 0.5) is 0 Å². The van der Waals surface area contributed by atoms with Gasteiger partial charge in [-0.05, 0) is 70.8 Å². The fourth-order valence-corrected chi connectivity index (χ4v) is 4.58. The zero-order chi connectivity index (χ0) is 25.2. The van der Waals surface area contributed by atoms with Crippen LogP contribution in [0.25, 0.3) is 12.2 Å². The Morgan fingerprint density at radius 1 is 0.639 bits per heavy atom. The Bertz CT molecular complexity index is 1380.